The van der Waals surface area contributed by atoms with Crippen LogP contribution in [0.2, 0.25) is 0 Å². The molecular formula is C16H23NO2. The number of hydrogen-bond acceptors (Lipinski definition) is 3. The molecule has 1 aliphatic heterocycles. The first-order valence-electron chi connectivity index (χ1n) is 7.29. The van der Waals surface area contributed by atoms with E-state index in [1.54, 1.807) is 6.07 Å². The van der Waals surface area contributed by atoms with Crippen LogP contribution in [0, 0.1) is 0 Å². The van der Waals surface area contributed by atoms with Crippen molar-refractivity contribution in [3.8, 4) is 5.75 Å². The summed E-state index contributed by atoms with van der Waals surface area (Å²) in [5, 5.41) is 0. The largest absolute Gasteiger partial charge is 0.493 e. The van der Waals surface area contributed by atoms with Crippen molar-refractivity contribution in [1.29, 1.82) is 0 Å². The monoisotopic (exact) mass is 261 g/mol. The Balaban J connectivity index is 1.69. The highest BCUT2D eigenvalue weighted by Gasteiger charge is 2.08. The maximum Gasteiger partial charge on any atom is 0.153 e. The molecule has 1 aromatic carbocycles. The molecule has 0 aromatic heterocycles. The number of benzene rings is 1. The third-order valence-electron chi connectivity index (χ3n) is 3.62. The van der Waals surface area contributed by atoms with Gasteiger partial charge >= 0.3 is 0 Å². The quantitative estimate of drug-likeness (QED) is 0.582. The first kappa shape index (κ1) is 14.1. The highest BCUT2D eigenvalue weighted by molar-refractivity contribution is 5.79. The molecule has 2 rings (SSSR count). The predicted molar refractivity (Wildman–Crippen MR) is 76.8 cm³/mol. The van der Waals surface area contributed by atoms with E-state index in [1.165, 1.54) is 38.8 Å². The number of para-hydroxylation sites is 1. The number of nitrogens with zero attached hydrogens (tertiary/aromatic N) is 1. The molecule has 0 unspecified atom stereocenters. The molecule has 3 heteroatoms. The van der Waals surface area contributed by atoms with Crippen molar-refractivity contribution >= 4 is 6.29 Å². The van der Waals surface area contributed by atoms with E-state index in [0.717, 1.165) is 19.3 Å². The van der Waals surface area contributed by atoms with Crippen molar-refractivity contribution in [2.45, 2.75) is 32.1 Å². The Bertz CT molecular complexity index is 384. The summed E-state index contributed by atoms with van der Waals surface area (Å²) in [7, 11) is 0. The Morgan fingerprint density at radius 1 is 1.11 bits per heavy atom. The summed E-state index contributed by atoms with van der Waals surface area (Å²) < 4.78 is 5.69. The number of carbonyl (C=O) groups excluding carboxylic acids is 1. The molecule has 0 aliphatic carbocycles. The average Bonchev–Trinajstić information content (AvgIpc) is 2.72. The third-order valence-corrected chi connectivity index (χ3v) is 3.62. The zero-order valence-corrected chi connectivity index (χ0v) is 11.5. The van der Waals surface area contributed by atoms with E-state index < -0.39 is 0 Å². The minimum Gasteiger partial charge on any atom is -0.493 e. The highest BCUT2D eigenvalue weighted by atomic mass is 16.5. The molecule has 0 spiro atoms. The first-order chi connectivity index (χ1) is 9.40. The number of likely N-dealkylation sites (tertiary alicyclic amines) is 1. The van der Waals surface area contributed by atoms with Crippen molar-refractivity contribution in [2.24, 2.45) is 0 Å². The predicted octanol–water partition coefficient (Wildman–Crippen LogP) is 3.14. The second-order valence-corrected chi connectivity index (χ2v) is 5.11. The van der Waals surface area contributed by atoms with Crippen LogP contribution in [-0.4, -0.2) is 37.4 Å². The second kappa shape index (κ2) is 7.95. The summed E-state index contributed by atoms with van der Waals surface area (Å²) in [5.41, 5.74) is 0.636. The zero-order chi connectivity index (χ0) is 13.3. The van der Waals surface area contributed by atoms with E-state index >= 15 is 0 Å². The van der Waals surface area contributed by atoms with Gasteiger partial charge < -0.3 is 9.64 Å². The molecule has 0 atom stereocenters. The van der Waals surface area contributed by atoms with Gasteiger partial charge in [0, 0.05) is 6.54 Å². The number of ether oxygens (including phenoxy) is 1. The van der Waals surface area contributed by atoms with Crippen LogP contribution in [0.4, 0.5) is 0 Å². The van der Waals surface area contributed by atoms with Gasteiger partial charge in [0.25, 0.3) is 0 Å². The Hall–Kier alpha value is -1.35. The number of aldehydes is 1. The van der Waals surface area contributed by atoms with Gasteiger partial charge in [0.1, 0.15) is 5.75 Å². The fourth-order valence-electron chi connectivity index (χ4n) is 2.54. The molecule has 19 heavy (non-hydrogen) atoms. The van der Waals surface area contributed by atoms with Crippen molar-refractivity contribution in [2.75, 3.05) is 26.2 Å². The molecule has 3 nitrogen and oxygen atoms in total. The van der Waals surface area contributed by atoms with E-state index in [4.69, 9.17) is 4.74 Å². The molecule has 1 saturated heterocycles. The fraction of sp³-hybridized carbons (Fsp3) is 0.562. The molecule has 1 fully saturated rings. The lowest BCUT2D eigenvalue weighted by Crippen LogP contribution is -2.26. The molecular weight excluding hydrogens is 238 g/mol. The Labute approximate surface area is 115 Å². The van der Waals surface area contributed by atoms with Crippen LogP contribution in [0.1, 0.15) is 42.5 Å². The Morgan fingerprint density at radius 3 is 2.58 bits per heavy atom. The number of hydrogen-bond donors (Lipinski definition) is 0. The summed E-state index contributed by atoms with van der Waals surface area (Å²) in [4.78, 5) is 13.4. The smallest absolute Gasteiger partial charge is 0.153 e. The standard InChI is InChI=1S/C16H23NO2/c18-14-15-8-3-4-9-16(15)19-13-7-12-17-10-5-1-2-6-11-17/h3-4,8-9,14H,1-2,5-7,10-13H2. The lowest BCUT2D eigenvalue weighted by molar-refractivity contribution is 0.111. The average molecular weight is 261 g/mol. The molecule has 104 valence electrons. The number of carbonyl (C=O) groups is 1. The Morgan fingerprint density at radius 2 is 1.84 bits per heavy atom. The molecule has 0 bridgehead atoms. The van der Waals surface area contributed by atoms with Gasteiger partial charge in [-0.1, -0.05) is 25.0 Å². The second-order valence-electron chi connectivity index (χ2n) is 5.11. The highest BCUT2D eigenvalue weighted by Crippen LogP contribution is 2.16. The normalized spacial score (nSPS) is 16.8. The summed E-state index contributed by atoms with van der Waals surface area (Å²) in [6.07, 6.45) is 7.28. The molecule has 1 aliphatic rings. The van der Waals surface area contributed by atoms with Crippen molar-refractivity contribution in [3.05, 3.63) is 29.8 Å². The Kier molecular flexibility index (Phi) is 5.89. The van der Waals surface area contributed by atoms with Gasteiger partial charge in [-0.05, 0) is 44.5 Å². The molecule has 0 N–H and O–H groups in total. The van der Waals surface area contributed by atoms with E-state index in [0.29, 0.717) is 17.9 Å². The molecule has 0 radical (unpaired) electrons. The summed E-state index contributed by atoms with van der Waals surface area (Å²) >= 11 is 0. The minimum atomic E-state index is 0.636. The zero-order valence-electron chi connectivity index (χ0n) is 11.5. The van der Waals surface area contributed by atoms with Crippen LogP contribution in [-0.2, 0) is 0 Å². The van der Waals surface area contributed by atoms with Gasteiger partial charge in [0.2, 0.25) is 0 Å². The minimum absolute atomic E-state index is 0.636. The van der Waals surface area contributed by atoms with E-state index in [9.17, 15) is 4.79 Å². The van der Waals surface area contributed by atoms with E-state index in [2.05, 4.69) is 4.90 Å². The molecule has 1 heterocycles. The van der Waals surface area contributed by atoms with Crippen molar-refractivity contribution in [3.63, 3.8) is 0 Å². The van der Waals surface area contributed by atoms with Crippen LogP contribution in [0.5, 0.6) is 5.75 Å². The lowest BCUT2D eigenvalue weighted by Gasteiger charge is -2.19. The van der Waals surface area contributed by atoms with Gasteiger partial charge in [-0.25, -0.2) is 0 Å². The van der Waals surface area contributed by atoms with Gasteiger partial charge in [-0.2, -0.15) is 0 Å². The molecule has 0 saturated carbocycles. The summed E-state index contributed by atoms with van der Waals surface area (Å²) in [6, 6.07) is 7.40. The van der Waals surface area contributed by atoms with E-state index in [-0.39, 0.29) is 0 Å². The molecule has 0 amide bonds. The first-order valence-corrected chi connectivity index (χ1v) is 7.29. The summed E-state index contributed by atoms with van der Waals surface area (Å²) in [5.74, 6) is 0.702. The van der Waals surface area contributed by atoms with Gasteiger partial charge in [-0.15, -0.1) is 0 Å². The van der Waals surface area contributed by atoms with Crippen LogP contribution in [0.25, 0.3) is 0 Å². The van der Waals surface area contributed by atoms with Gasteiger partial charge in [0.15, 0.2) is 6.29 Å². The van der Waals surface area contributed by atoms with Crippen molar-refractivity contribution in [1.82, 2.24) is 4.90 Å². The number of rotatable bonds is 6. The molecule has 1 aromatic rings. The lowest BCUT2D eigenvalue weighted by atomic mass is 10.2. The van der Waals surface area contributed by atoms with Crippen molar-refractivity contribution < 1.29 is 9.53 Å². The van der Waals surface area contributed by atoms with Crippen LogP contribution in [0.3, 0.4) is 0 Å². The van der Waals surface area contributed by atoms with Crippen LogP contribution >= 0.6 is 0 Å². The third kappa shape index (κ3) is 4.67. The maximum absolute atomic E-state index is 10.9. The maximum atomic E-state index is 10.9. The topological polar surface area (TPSA) is 29.5 Å². The van der Waals surface area contributed by atoms with E-state index in [1.807, 2.05) is 18.2 Å². The SMILES string of the molecule is O=Cc1ccccc1OCCCN1CCCCCC1. The summed E-state index contributed by atoms with van der Waals surface area (Å²) in [6.45, 7) is 4.24. The van der Waals surface area contributed by atoms with Crippen LogP contribution in [0.15, 0.2) is 24.3 Å². The van der Waals surface area contributed by atoms with Crippen LogP contribution < -0.4 is 4.74 Å². The fourth-order valence-corrected chi connectivity index (χ4v) is 2.54. The van der Waals surface area contributed by atoms with Gasteiger partial charge in [-0.3, -0.25) is 4.79 Å². The van der Waals surface area contributed by atoms with Gasteiger partial charge in [0.05, 0.1) is 12.2 Å².